The lowest BCUT2D eigenvalue weighted by atomic mass is 10.1. The number of carbonyl (C=O) groups is 1. The number of aromatic amines is 1. The summed E-state index contributed by atoms with van der Waals surface area (Å²) >= 11 is 7.24. The number of halogens is 1. The number of aromatic nitrogens is 1. The van der Waals surface area contributed by atoms with E-state index in [1.807, 2.05) is 12.1 Å². The van der Waals surface area contributed by atoms with Gasteiger partial charge in [0, 0.05) is 17.8 Å². The maximum Gasteiger partial charge on any atom is 0.273 e. The molecule has 0 aliphatic heterocycles. The van der Waals surface area contributed by atoms with Crippen molar-refractivity contribution in [3.05, 3.63) is 44.7 Å². The third kappa shape index (κ3) is 2.96. The minimum Gasteiger partial charge on any atom is -0.355 e. The van der Waals surface area contributed by atoms with Crippen molar-refractivity contribution in [3.63, 3.8) is 0 Å². The molecule has 0 atom stereocenters. The van der Waals surface area contributed by atoms with Crippen LogP contribution in [0.4, 0.5) is 10.7 Å². The first kappa shape index (κ1) is 14.2. The normalized spacial score (nSPS) is 14.0. The molecule has 1 aromatic heterocycles. The van der Waals surface area contributed by atoms with E-state index >= 15 is 0 Å². The van der Waals surface area contributed by atoms with Crippen LogP contribution in [-0.2, 0) is 0 Å². The van der Waals surface area contributed by atoms with Gasteiger partial charge in [0.25, 0.3) is 11.5 Å². The molecule has 1 fully saturated rings. The van der Waals surface area contributed by atoms with E-state index in [1.165, 1.54) is 25.5 Å². The first-order valence-electron chi connectivity index (χ1n) is 6.59. The largest absolute Gasteiger partial charge is 0.355 e. The highest BCUT2D eigenvalue weighted by Gasteiger charge is 2.24. The van der Waals surface area contributed by atoms with Gasteiger partial charge in [0.1, 0.15) is 10.6 Å². The van der Waals surface area contributed by atoms with Crippen LogP contribution >= 0.6 is 23.1 Å². The molecular weight excluding hydrogens is 310 g/mol. The molecule has 0 spiro atoms. The van der Waals surface area contributed by atoms with Gasteiger partial charge in [0.15, 0.2) is 0 Å². The fourth-order valence-electron chi connectivity index (χ4n) is 2.19. The van der Waals surface area contributed by atoms with Gasteiger partial charge < -0.3 is 10.6 Å². The molecule has 21 heavy (non-hydrogen) atoms. The van der Waals surface area contributed by atoms with E-state index < -0.39 is 11.5 Å². The van der Waals surface area contributed by atoms with Gasteiger partial charge in [-0.1, -0.05) is 11.6 Å². The van der Waals surface area contributed by atoms with Crippen LogP contribution in [0, 0.1) is 0 Å². The van der Waals surface area contributed by atoms with Crippen molar-refractivity contribution < 1.29 is 4.79 Å². The summed E-state index contributed by atoms with van der Waals surface area (Å²) in [6.07, 6.45) is 2.36. The van der Waals surface area contributed by atoms with Gasteiger partial charge in [0.2, 0.25) is 0 Å². The Bertz CT molecular complexity index is 749. The zero-order valence-corrected chi connectivity index (χ0v) is 12.9. The fraction of sp³-hybridized carbons (Fsp3) is 0.286. The van der Waals surface area contributed by atoms with Crippen LogP contribution in [0.2, 0.25) is 5.02 Å². The predicted octanol–water partition coefficient (Wildman–Crippen LogP) is 3.07. The summed E-state index contributed by atoms with van der Waals surface area (Å²) in [5, 5.41) is 6.72. The van der Waals surface area contributed by atoms with Gasteiger partial charge in [-0.05, 0) is 54.1 Å². The number of amides is 1. The zero-order valence-electron chi connectivity index (χ0n) is 11.3. The van der Waals surface area contributed by atoms with E-state index in [2.05, 4.69) is 15.0 Å². The molecule has 3 rings (SSSR count). The fourth-order valence-corrected chi connectivity index (χ4v) is 3.19. The van der Waals surface area contributed by atoms with Gasteiger partial charge >= 0.3 is 0 Å². The Hall–Kier alpha value is -1.79. The second kappa shape index (κ2) is 5.54. The number of nitrogens with one attached hydrogen (secondary N) is 3. The molecule has 2 aromatic rings. The summed E-state index contributed by atoms with van der Waals surface area (Å²) < 4.78 is 2.57. The molecule has 5 nitrogen and oxygen atoms in total. The highest BCUT2D eigenvalue weighted by atomic mass is 35.5. The Morgan fingerprint density at radius 2 is 2.14 bits per heavy atom. The van der Waals surface area contributed by atoms with Crippen LogP contribution in [0.3, 0.4) is 0 Å². The highest BCUT2D eigenvalue weighted by Crippen LogP contribution is 2.42. The van der Waals surface area contributed by atoms with Crippen LogP contribution in [0.25, 0.3) is 0 Å². The Morgan fingerprint density at radius 3 is 2.81 bits per heavy atom. The molecule has 1 amide bonds. The Labute approximate surface area is 130 Å². The number of rotatable bonds is 4. The van der Waals surface area contributed by atoms with E-state index in [0.29, 0.717) is 15.9 Å². The average molecular weight is 324 g/mol. The lowest BCUT2D eigenvalue weighted by Gasteiger charge is -2.08. The van der Waals surface area contributed by atoms with Crippen molar-refractivity contribution in [2.75, 3.05) is 12.4 Å². The monoisotopic (exact) mass is 323 g/mol. The SMILES string of the molecule is CNC(=O)c1c(Nc2cc(Cl)cc(C3CC3)c2)s[nH]c1=O. The second-order valence-electron chi connectivity index (χ2n) is 4.99. The minimum atomic E-state index is -0.413. The summed E-state index contributed by atoms with van der Waals surface area (Å²) in [5.41, 5.74) is 1.67. The third-order valence-electron chi connectivity index (χ3n) is 3.38. The van der Waals surface area contributed by atoms with Crippen molar-refractivity contribution in [1.82, 2.24) is 9.69 Å². The number of benzene rings is 1. The maximum absolute atomic E-state index is 11.8. The summed E-state index contributed by atoms with van der Waals surface area (Å²) in [7, 11) is 1.49. The van der Waals surface area contributed by atoms with Crippen LogP contribution in [0.5, 0.6) is 0 Å². The van der Waals surface area contributed by atoms with E-state index in [1.54, 1.807) is 6.07 Å². The molecule has 0 saturated heterocycles. The lowest BCUT2D eigenvalue weighted by Crippen LogP contribution is -2.24. The van der Waals surface area contributed by atoms with Crippen molar-refractivity contribution in [2.24, 2.45) is 0 Å². The van der Waals surface area contributed by atoms with Crippen molar-refractivity contribution in [2.45, 2.75) is 18.8 Å². The third-order valence-corrected chi connectivity index (χ3v) is 4.40. The van der Waals surface area contributed by atoms with E-state index in [9.17, 15) is 9.59 Å². The number of H-pyrrole nitrogens is 1. The molecule has 110 valence electrons. The lowest BCUT2D eigenvalue weighted by molar-refractivity contribution is 0.0963. The van der Waals surface area contributed by atoms with E-state index in [-0.39, 0.29) is 5.56 Å². The molecule has 3 N–H and O–H groups in total. The molecule has 7 heteroatoms. The second-order valence-corrected chi connectivity index (χ2v) is 6.24. The van der Waals surface area contributed by atoms with Gasteiger partial charge in [-0.25, -0.2) is 0 Å². The molecule has 1 aromatic carbocycles. The molecule has 1 aliphatic rings. The van der Waals surface area contributed by atoms with Crippen molar-refractivity contribution in [1.29, 1.82) is 0 Å². The van der Waals surface area contributed by atoms with Crippen LogP contribution in [0.1, 0.15) is 34.7 Å². The smallest absolute Gasteiger partial charge is 0.273 e. The standard InChI is InChI=1S/C14H14ClN3O2S/c1-16-12(19)11-13(20)18-21-14(11)17-10-5-8(7-2-3-7)4-9(15)6-10/h4-7,17H,2-3H2,1H3,(H,16,19)(H,18,20). The van der Waals surface area contributed by atoms with Crippen LogP contribution in [-0.4, -0.2) is 17.3 Å². The highest BCUT2D eigenvalue weighted by molar-refractivity contribution is 7.10. The van der Waals surface area contributed by atoms with E-state index in [0.717, 1.165) is 17.2 Å². The minimum absolute atomic E-state index is 0.0930. The number of hydrogen-bond donors (Lipinski definition) is 3. The maximum atomic E-state index is 11.8. The van der Waals surface area contributed by atoms with Gasteiger partial charge in [-0.2, -0.15) is 0 Å². The average Bonchev–Trinajstić information content (AvgIpc) is 3.23. The molecule has 1 heterocycles. The molecule has 0 unspecified atom stereocenters. The summed E-state index contributed by atoms with van der Waals surface area (Å²) in [6, 6.07) is 5.76. The molecular formula is C14H14ClN3O2S. The number of carbonyl (C=O) groups excluding carboxylic acids is 1. The summed E-state index contributed by atoms with van der Waals surface area (Å²) in [5.74, 6) is 0.164. The predicted molar refractivity (Wildman–Crippen MR) is 85.0 cm³/mol. The molecule has 0 bridgehead atoms. The Morgan fingerprint density at radius 1 is 1.38 bits per heavy atom. The van der Waals surface area contributed by atoms with Crippen molar-refractivity contribution >= 4 is 39.7 Å². The zero-order chi connectivity index (χ0) is 15.0. The van der Waals surface area contributed by atoms with Crippen molar-refractivity contribution in [3.8, 4) is 0 Å². The van der Waals surface area contributed by atoms with Crippen LogP contribution < -0.4 is 16.2 Å². The van der Waals surface area contributed by atoms with Gasteiger partial charge in [0.05, 0.1) is 0 Å². The summed E-state index contributed by atoms with van der Waals surface area (Å²) in [4.78, 5) is 23.5. The van der Waals surface area contributed by atoms with Crippen LogP contribution in [0.15, 0.2) is 23.0 Å². The number of anilines is 2. The Balaban J connectivity index is 1.94. The molecule has 1 saturated carbocycles. The summed E-state index contributed by atoms with van der Waals surface area (Å²) in [6.45, 7) is 0. The van der Waals surface area contributed by atoms with E-state index in [4.69, 9.17) is 11.6 Å². The van der Waals surface area contributed by atoms with Gasteiger partial charge in [-0.3, -0.25) is 14.0 Å². The number of hydrogen-bond acceptors (Lipinski definition) is 4. The molecule has 1 aliphatic carbocycles. The van der Waals surface area contributed by atoms with Gasteiger partial charge in [-0.15, -0.1) is 0 Å². The first-order chi connectivity index (χ1) is 10.1. The first-order valence-corrected chi connectivity index (χ1v) is 7.79. The Kier molecular flexibility index (Phi) is 3.73. The molecule has 0 radical (unpaired) electrons. The topological polar surface area (TPSA) is 74.0 Å². The quantitative estimate of drug-likeness (QED) is 0.809.